The average molecular weight is 164 g/mol. The Morgan fingerprint density at radius 3 is 2.08 bits per heavy atom. The molecule has 0 atom stereocenters. The highest BCUT2D eigenvalue weighted by atomic mass is 14.5. The van der Waals surface area contributed by atoms with E-state index in [-0.39, 0.29) is 0 Å². The van der Waals surface area contributed by atoms with E-state index < -0.39 is 0 Å². The largest absolute Gasteiger partial charge is 0.325 e. The number of hydrogen-bond acceptors (Lipinski definition) is 0. The summed E-state index contributed by atoms with van der Waals surface area (Å²) >= 11 is 0. The Balaban J connectivity index is 2.96. The van der Waals surface area contributed by atoms with Crippen molar-refractivity contribution in [3.63, 3.8) is 0 Å². The minimum absolute atomic E-state index is 0.299. The van der Waals surface area contributed by atoms with Crippen LogP contribution in [0.4, 0.5) is 5.69 Å². The maximum atomic E-state index is 3.87. The van der Waals surface area contributed by atoms with Crippen LogP contribution in [0.1, 0.15) is 32.8 Å². The highest BCUT2D eigenvalue weighted by Gasteiger charge is 2.17. The molecule has 1 nitrogen and oxygen atoms in total. The molecule has 1 aromatic rings. The van der Waals surface area contributed by atoms with Crippen LogP contribution in [-0.4, -0.2) is 0 Å². The van der Waals surface area contributed by atoms with Crippen LogP contribution in [0.2, 0.25) is 0 Å². The molecule has 0 heterocycles. The van der Waals surface area contributed by atoms with Crippen molar-refractivity contribution in [1.82, 2.24) is 0 Å². The fourth-order valence-corrected chi connectivity index (χ4v) is 1.16. The van der Waals surface area contributed by atoms with Gasteiger partial charge in [0.2, 0.25) is 0 Å². The molecular weight excluding hydrogens is 146 g/mol. The summed E-state index contributed by atoms with van der Waals surface area (Å²) in [7, 11) is 0. The maximum Gasteiger partial charge on any atom is 0.127 e. The summed E-state index contributed by atoms with van der Waals surface area (Å²) in [5.74, 6) is 0. The molecule has 0 saturated carbocycles. The fourth-order valence-electron chi connectivity index (χ4n) is 1.16. The molecule has 0 saturated heterocycles. The molecule has 0 amide bonds. The molecule has 0 spiro atoms. The van der Waals surface area contributed by atoms with Gasteiger partial charge in [0, 0.05) is 0 Å². The summed E-state index contributed by atoms with van der Waals surface area (Å²) in [4.78, 5) is 0. The fraction of sp³-hybridized carbons (Fsp3) is 0.455. The molecular formula is C11H18N+. The van der Waals surface area contributed by atoms with E-state index in [1.807, 2.05) is 0 Å². The average Bonchev–Trinajstić information content (AvgIpc) is 2.05. The van der Waals surface area contributed by atoms with Crippen molar-refractivity contribution < 1.29 is 5.73 Å². The van der Waals surface area contributed by atoms with Gasteiger partial charge in [0.25, 0.3) is 0 Å². The molecule has 0 bridgehead atoms. The van der Waals surface area contributed by atoms with Crippen molar-refractivity contribution in [2.75, 3.05) is 0 Å². The Hall–Kier alpha value is -0.820. The predicted molar refractivity (Wildman–Crippen MR) is 52.3 cm³/mol. The van der Waals surface area contributed by atoms with Gasteiger partial charge in [0.05, 0.1) is 0 Å². The first-order valence-corrected chi connectivity index (χ1v) is 4.49. The van der Waals surface area contributed by atoms with Crippen LogP contribution in [0.15, 0.2) is 24.3 Å². The molecule has 0 aliphatic rings. The lowest BCUT2D eigenvalue weighted by molar-refractivity contribution is -0.254. The Kier molecular flexibility index (Phi) is 2.53. The van der Waals surface area contributed by atoms with E-state index in [1.54, 1.807) is 0 Å². The predicted octanol–water partition coefficient (Wildman–Crippen LogP) is 2.25. The smallest absolute Gasteiger partial charge is 0.127 e. The van der Waals surface area contributed by atoms with Crippen molar-refractivity contribution in [2.24, 2.45) is 0 Å². The molecule has 1 heteroatoms. The van der Waals surface area contributed by atoms with Gasteiger partial charge in [-0.05, 0) is 29.5 Å². The molecule has 0 aromatic heterocycles. The van der Waals surface area contributed by atoms with Gasteiger partial charge in [-0.15, -0.1) is 0 Å². The van der Waals surface area contributed by atoms with E-state index in [4.69, 9.17) is 0 Å². The van der Waals surface area contributed by atoms with Crippen LogP contribution in [-0.2, 0) is 5.41 Å². The molecule has 0 radical (unpaired) electrons. The van der Waals surface area contributed by atoms with Crippen molar-refractivity contribution in [1.29, 1.82) is 0 Å². The minimum Gasteiger partial charge on any atom is -0.325 e. The molecule has 66 valence electrons. The van der Waals surface area contributed by atoms with E-state index in [9.17, 15) is 0 Å². The van der Waals surface area contributed by atoms with Crippen molar-refractivity contribution in [3.05, 3.63) is 29.8 Å². The van der Waals surface area contributed by atoms with E-state index in [1.165, 1.54) is 12.0 Å². The van der Waals surface area contributed by atoms with Gasteiger partial charge in [0.1, 0.15) is 5.69 Å². The number of benzene rings is 1. The monoisotopic (exact) mass is 164 g/mol. The molecule has 1 aromatic carbocycles. The molecule has 3 N–H and O–H groups in total. The summed E-state index contributed by atoms with van der Waals surface area (Å²) in [6.07, 6.45) is 1.17. The van der Waals surface area contributed by atoms with Gasteiger partial charge in [0.15, 0.2) is 0 Å². The zero-order chi connectivity index (χ0) is 9.19. The first-order valence-electron chi connectivity index (χ1n) is 4.49. The first-order chi connectivity index (χ1) is 5.56. The van der Waals surface area contributed by atoms with Crippen LogP contribution in [0, 0.1) is 0 Å². The number of quaternary nitrogens is 1. The third kappa shape index (κ3) is 1.86. The Labute approximate surface area is 74.6 Å². The first kappa shape index (κ1) is 9.27. The van der Waals surface area contributed by atoms with Gasteiger partial charge in [-0.25, -0.2) is 0 Å². The normalized spacial score (nSPS) is 11.7. The zero-order valence-corrected chi connectivity index (χ0v) is 8.22. The SMILES string of the molecule is CCC(C)(C)c1ccc([NH3+])cc1. The minimum atomic E-state index is 0.299. The van der Waals surface area contributed by atoms with Gasteiger partial charge in [-0.1, -0.05) is 32.9 Å². The highest BCUT2D eigenvalue weighted by molar-refractivity contribution is 5.34. The van der Waals surface area contributed by atoms with E-state index in [2.05, 4.69) is 50.8 Å². The molecule has 0 unspecified atom stereocenters. The molecule has 0 aliphatic heterocycles. The van der Waals surface area contributed by atoms with Crippen molar-refractivity contribution in [2.45, 2.75) is 32.6 Å². The lowest BCUT2D eigenvalue weighted by Crippen LogP contribution is -2.40. The van der Waals surface area contributed by atoms with Gasteiger partial charge >= 0.3 is 0 Å². The van der Waals surface area contributed by atoms with Crippen LogP contribution >= 0.6 is 0 Å². The summed E-state index contributed by atoms with van der Waals surface area (Å²) in [6.45, 7) is 6.76. The standard InChI is InChI=1S/C11H17N/c1-4-11(2,3)9-5-7-10(12)8-6-9/h5-8H,4,12H2,1-3H3/p+1. The van der Waals surface area contributed by atoms with Gasteiger partial charge in [-0.3, -0.25) is 0 Å². The summed E-state index contributed by atoms with van der Waals surface area (Å²) in [5.41, 5.74) is 6.66. The lowest BCUT2D eigenvalue weighted by atomic mass is 9.82. The molecule has 0 fully saturated rings. The van der Waals surface area contributed by atoms with Gasteiger partial charge < -0.3 is 5.73 Å². The summed E-state index contributed by atoms with van der Waals surface area (Å²) in [6, 6.07) is 8.50. The zero-order valence-electron chi connectivity index (χ0n) is 8.22. The van der Waals surface area contributed by atoms with Crippen molar-refractivity contribution in [3.8, 4) is 0 Å². The Morgan fingerprint density at radius 2 is 1.67 bits per heavy atom. The topological polar surface area (TPSA) is 27.6 Å². The molecule has 12 heavy (non-hydrogen) atoms. The van der Waals surface area contributed by atoms with E-state index in [0.29, 0.717) is 5.41 Å². The van der Waals surface area contributed by atoms with Gasteiger partial charge in [-0.2, -0.15) is 0 Å². The third-order valence-corrected chi connectivity index (χ3v) is 2.62. The second-order valence-electron chi connectivity index (χ2n) is 3.93. The van der Waals surface area contributed by atoms with Crippen LogP contribution < -0.4 is 5.73 Å². The third-order valence-electron chi connectivity index (χ3n) is 2.62. The highest BCUT2D eigenvalue weighted by Crippen LogP contribution is 2.26. The number of hydrogen-bond donors (Lipinski definition) is 1. The maximum absolute atomic E-state index is 3.87. The summed E-state index contributed by atoms with van der Waals surface area (Å²) in [5, 5.41) is 0. The second-order valence-corrected chi connectivity index (χ2v) is 3.93. The number of rotatable bonds is 2. The summed E-state index contributed by atoms with van der Waals surface area (Å²) < 4.78 is 0. The Bertz CT molecular complexity index is 246. The van der Waals surface area contributed by atoms with E-state index in [0.717, 1.165) is 5.69 Å². The lowest BCUT2D eigenvalue weighted by Gasteiger charge is -2.22. The van der Waals surface area contributed by atoms with Crippen molar-refractivity contribution >= 4 is 5.69 Å². The second kappa shape index (κ2) is 3.28. The van der Waals surface area contributed by atoms with Crippen LogP contribution in [0.25, 0.3) is 0 Å². The molecule has 0 aliphatic carbocycles. The quantitative estimate of drug-likeness (QED) is 0.694. The van der Waals surface area contributed by atoms with Crippen LogP contribution in [0.5, 0.6) is 0 Å². The molecule has 1 rings (SSSR count). The Morgan fingerprint density at radius 1 is 1.17 bits per heavy atom. The van der Waals surface area contributed by atoms with E-state index >= 15 is 0 Å². The van der Waals surface area contributed by atoms with Crippen LogP contribution in [0.3, 0.4) is 0 Å².